The topological polar surface area (TPSA) is 77.4 Å². The van der Waals surface area contributed by atoms with Crippen LogP contribution in [-0.2, 0) is 6.54 Å². The fourth-order valence-electron chi connectivity index (χ4n) is 1.94. The number of hydrogen-bond donors (Lipinski definition) is 1. The minimum Gasteiger partial charge on any atom is -0.310 e. The van der Waals surface area contributed by atoms with Gasteiger partial charge in [-0.25, -0.2) is 4.98 Å². The number of hydrogen-bond acceptors (Lipinski definition) is 4. The van der Waals surface area contributed by atoms with Gasteiger partial charge in [0.05, 0.1) is 5.69 Å². The molecule has 0 unspecified atom stereocenters. The summed E-state index contributed by atoms with van der Waals surface area (Å²) in [6.07, 6.45) is 1.51. The summed E-state index contributed by atoms with van der Waals surface area (Å²) < 4.78 is 2.56. The zero-order chi connectivity index (χ0) is 15.4. The molecule has 2 rings (SSSR count). The van der Waals surface area contributed by atoms with Crippen LogP contribution in [0.5, 0.6) is 0 Å². The van der Waals surface area contributed by atoms with Gasteiger partial charge in [-0.05, 0) is 17.7 Å². The second-order valence-electron chi connectivity index (χ2n) is 4.84. The largest absolute Gasteiger partial charge is 0.310 e. The van der Waals surface area contributed by atoms with Gasteiger partial charge in [0.25, 0.3) is 0 Å². The van der Waals surface area contributed by atoms with Gasteiger partial charge in [-0.3, -0.25) is 4.57 Å². The molecule has 1 aromatic heterocycles. The van der Waals surface area contributed by atoms with E-state index in [0.29, 0.717) is 12.6 Å². The summed E-state index contributed by atoms with van der Waals surface area (Å²) in [5.74, 6) is 0. The monoisotopic (exact) mass is 343 g/mol. The number of rotatable bonds is 4. The van der Waals surface area contributed by atoms with E-state index in [4.69, 9.17) is 5.26 Å². The van der Waals surface area contributed by atoms with Crippen molar-refractivity contribution in [1.82, 2.24) is 14.9 Å². The number of nitrogens with zero attached hydrogens (tertiary/aromatic N) is 4. The Labute approximate surface area is 132 Å². The Morgan fingerprint density at radius 2 is 2.10 bits per heavy atom. The average Bonchev–Trinajstić information content (AvgIpc) is 2.88. The molecule has 106 valence electrons. The normalized spacial score (nSPS) is 10.4. The second kappa shape index (κ2) is 6.53. The van der Waals surface area contributed by atoms with Crippen LogP contribution in [0, 0.1) is 22.7 Å². The Bertz CT molecular complexity index is 733. The van der Waals surface area contributed by atoms with Gasteiger partial charge >= 0.3 is 0 Å². The van der Waals surface area contributed by atoms with E-state index >= 15 is 0 Å². The molecule has 5 nitrogen and oxygen atoms in total. The number of benzene rings is 1. The SMILES string of the molecule is CC(C)NCc1ccc(Br)cc1-n1cnc(C#N)c1C#N. The van der Waals surface area contributed by atoms with Crippen LogP contribution in [0.4, 0.5) is 0 Å². The summed E-state index contributed by atoms with van der Waals surface area (Å²) in [5, 5.41) is 21.6. The van der Waals surface area contributed by atoms with Crippen molar-refractivity contribution >= 4 is 15.9 Å². The average molecular weight is 344 g/mol. The quantitative estimate of drug-likeness (QED) is 0.925. The maximum absolute atomic E-state index is 9.27. The molecule has 0 atom stereocenters. The van der Waals surface area contributed by atoms with E-state index in [2.05, 4.69) is 40.1 Å². The molecule has 2 aromatic rings. The molecule has 0 saturated carbocycles. The second-order valence-corrected chi connectivity index (χ2v) is 5.76. The van der Waals surface area contributed by atoms with Gasteiger partial charge < -0.3 is 5.32 Å². The van der Waals surface area contributed by atoms with Gasteiger partial charge in [-0.15, -0.1) is 0 Å². The van der Waals surface area contributed by atoms with Crippen molar-refractivity contribution in [2.24, 2.45) is 0 Å². The Morgan fingerprint density at radius 1 is 1.33 bits per heavy atom. The molecule has 0 bridgehead atoms. The lowest BCUT2D eigenvalue weighted by molar-refractivity contribution is 0.587. The molecule has 0 saturated heterocycles. The maximum Gasteiger partial charge on any atom is 0.177 e. The van der Waals surface area contributed by atoms with Crippen molar-refractivity contribution in [1.29, 1.82) is 10.5 Å². The smallest absolute Gasteiger partial charge is 0.177 e. The zero-order valence-corrected chi connectivity index (χ0v) is 13.3. The van der Waals surface area contributed by atoms with E-state index in [-0.39, 0.29) is 11.4 Å². The third-order valence-electron chi connectivity index (χ3n) is 2.99. The third-order valence-corrected chi connectivity index (χ3v) is 3.48. The van der Waals surface area contributed by atoms with Crippen LogP contribution in [0.1, 0.15) is 30.8 Å². The minimum atomic E-state index is 0.139. The van der Waals surface area contributed by atoms with E-state index in [0.717, 1.165) is 15.7 Å². The summed E-state index contributed by atoms with van der Waals surface area (Å²) in [6, 6.07) is 10.2. The predicted octanol–water partition coefficient (Wildman–Crippen LogP) is 2.88. The fraction of sp³-hybridized carbons (Fsp3) is 0.267. The summed E-state index contributed by atoms with van der Waals surface area (Å²) in [5.41, 5.74) is 2.26. The van der Waals surface area contributed by atoms with E-state index in [1.165, 1.54) is 6.33 Å². The Hall–Kier alpha value is -2.15. The molecule has 0 aliphatic heterocycles. The lowest BCUT2D eigenvalue weighted by atomic mass is 10.1. The Morgan fingerprint density at radius 3 is 2.71 bits per heavy atom. The van der Waals surface area contributed by atoms with Crippen molar-refractivity contribution in [2.75, 3.05) is 0 Å². The van der Waals surface area contributed by atoms with Crippen LogP contribution in [0.2, 0.25) is 0 Å². The molecule has 0 aliphatic carbocycles. The van der Waals surface area contributed by atoms with Crippen molar-refractivity contribution in [2.45, 2.75) is 26.4 Å². The van der Waals surface area contributed by atoms with Crippen molar-refractivity contribution in [3.8, 4) is 17.8 Å². The summed E-state index contributed by atoms with van der Waals surface area (Å²) in [7, 11) is 0. The number of halogens is 1. The van der Waals surface area contributed by atoms with Gasteiger partial charge in [0.1, 0.15) is 18.5 Å². The standard InChI is InChI=1S/C15H14BrN5/c1-10(2)19-8-11-3-4-12(16)5-14(11)21-9-20-13(6-17)15(21)7-18/h3-5,9-10,19H,8H2,1-2H3. The first-order chi connectivity index (χ1) is 10.1. The molecule has 0 radical (unpaired) electrons. The van der Waals surface area contributed by atoms with E-state index in [1.807, 2.05) is 30.3 Å². The molecule has 0 fully saturated rings. The summed E-state index contributed by atoms with van der Waals surface area (Å²) >= 11 is 3.44. The lowest BCUT2D eigenvalue weighted by Crippen LogP contribution is -2.22. The highest BCUT2D eigenvalue weighted by atomic mass is 79.9. The predicted molar refractivity (Wildman–Crippen MR) is 82.7 cm³/mol. The molecular formula is C15H14BrN5. The fourth-order valence-corrected chi connectivity index (χ4v) is 2.29. The highest BCUT2D eigenvalue weighted by molar-refractivity contribution is 9.10. The first-order valence-corrected chi connectivity index (χ1v) is 7.25. The number of aromatic nitrogens is 2. The molecule has 21 heavy (non-hydrogen) atoms. The minimum absolute atomic E-state index is 0.139. The van der Waals surface area contributed by atoms with Gasteiger partial charge in [0.15, 0.2) is 11.4 Å². The number of nitriles is 2. The van der Waals surface area contributed by atoms with E-state index in [1.54, 1.807) is 4.57 Å². The maximum atomic E-state index is 9.27. The first kappa shape index (κ1) is 15.2. The number of nitrogens with one attached hydrogen (secondary N) is 1. The van der Waals surface area contributed by atoms with Crippen molar-refractivity contribution < 1.29 is 0 Å². The molecular weight excluding hydrogens is 330 g/mol. The van der Waals surface area contributed by atoms with Crippen LogP contribution in [0.15, 0.2) is 29.0 Å². The highest BCUT2D eigenvalue weighted by Gasteiger charge is 2.14. The van der Waals surface area contributed by atoms with Gasteiger partial charge in [0.2, 0.25) is 0 Å². The van der Waals surface area contributed by atoms with Crippen LogP contribution in [-0.4, -0.2) is 15.6 Å². The van der Waals surface area contributed by atoms with Crippen molar-refractivity contribution in [3.05, 3.63) is 46.0 Å². The highest BCUT2D eigenvalue weighted by Crippen LogP contribution is 2.23. The van der Waals surface area contributed by atoms with Crippen LogP contribution in [0.3, 0.4) is 0 Å². The van der Waals surface area contributed by atoms with Crippen LogP contribution >= 0.6 is 15.9 Å². The van der Waals surface area contributed by atoms with E-state index in [9.17, 15) is 5.26 Å². The molecule has 0 spiro atoms. The molecule has 1 heterocycles. The molecule has 0 amide bonds. The van der Waals surface area contributed by atoms with Crippen LogP contribution in [0.25, 0.3) is 5.69 Å². The molecule has 1 N–H and O–H groups in total. The summed E-state index contributed by atoms with van der Waals surface area (Å²) in [6.45, 7) is 4.82. The van der Waals surface area contributed by atoms with Gasteiger partial charge in [-0.1, -0.05) is 35.8 Å². The summed E-state index contributed by atoms with van der Waals surface area (Å²) in [4.78, 5) is 3.99. The third kappa shape index (κ3) is 3.30. The first-order valence-electron chi connectivity index (χ1n) is 6.46. The number of imidazole rings is 1. The zero-order valence-electron chi connectivity index (χ0n) is 11.8. The molecule has 6 heteroatoms. The van der Waals surface area contributed by atoms with Gasteiger partial charge in [0, 0.05) is 17.1 Å². The molecule has 0 aliphatic rings. The Balaban J connectivity index is 2.53. The van der Waals surface area contributed by atoms with E-state index < -0.39 is 0 Å². The lowest BCUT2D eigenvalue weighted by Gasteiger charge is -2.14. The molecule has 1 aromatic carbocycles. The van der Waals surface area contributed by atoms with Crippen molar-refractivity contribution in [3.63, 3.8) is 0 Å². The Kier molecular flexibility index (Phi) is 4.74. The van der Waals surface area contributed by atoms with Crippen LogP contribution < -0.4 is 5.32 Å². The van der Waals surface area contributed by atoms with Gasteiger partial charge in [-0.2, -0.15) is 10.5 Å².